The number of nitrogens with zero attached hydrogens (tertiary/aromatic N) is 2. The molecule has 1 aromatic heterocycles. The van der Waals surface area contributed by atoms with E-state index in [9.17, 15) is 4.79 Å². The molecule has 0 aliphatic carbocycles. The topological polar surface area (TPSA) is 54.5 Å². The summed E-state index contributed by atoms with van der Waals surface area (Å²) in [7, 11) is 0. The number of nitrogens with one attached hydrogen (secondary N) is 1. The van der Waals surface area contributed by atoms with Crippen LogP contribution in [0.4, 0.5) is 5.82 Å². The molecule has 1 fully saturated rings. The van der Waals surface area contributed by atoms with Gasteiger partial charge in [-0.1, -0.05) is 19.8 Å². The lowest BCUT2D eigenvalue weighted by atomic mass is 10.2. The molecule has 2 rings (SSSR count). The summed E-state index contributed by atoms with van der Waals surface area (Å²) in [5.74, 6) is 0.736. The molecule has 20 heavy (non-hydrogen) atoms. The Morgan fingerprint density at radius 1 is 1.40 bits per heavy atom. The van der Waals surface area contributed by atoms with E-state index in [4.69, 9.17) is 4.74 Å². The molecule has 5 nitrogen and oxygen atoms in total. The summed E-state index contributed by atoms with van der Waals surface area (Å²) in [6, 6.07) is 3.65. The molecule has 1 amide bonds. The number of ether oxygens (including phenoxy) is 1. The average molecular weight is 277 g/mol. The third-order valence-corrected chi connectivity index (χ3v) is 3.41. The number of hydrogen-bond acceptors (Lipinski definition) is 4. The number of carbonyl (C=O) groups is 1. The molecule has 0 aromatic carbocycles. The van der Waals surface area contributed by atoms with Gasteiger partial charge in [-0.05, 0) is 18.6 Å². The predicted molar refractivity (Wildman–Crippen MR) is 79.1 cm³/mol. The molecular formula is C15H23N3O2. The zero-order valence-corrected chi connectivity index (χ0v) is 12.1. The first-order valence-electron chi connectivity index (χ1n) is 7.39. The number of carbonyl (C=O) groups excluding carboxylic acids is 1. The number of morpholine rings is 1. The minimum Gasteiger partial charge on any atom is -0.378 e. The normalized spacial score (nSPS) is 15.2. The van der Waals surface area contributed by atoms with E-state index in [1.807, 2.05) is 12.1 Å². The summed E-state index contributed by atoms with van der Waals surface area (Å²) in [5.41, 5.74) is 0.658. The van der Waals surface area contributed by atoms with Crippen molar-refractivity contribution in [3.05, 3.63) is 23.9 Å². The Labute approximate surface area is 120 Å². The third kappa shape index (κ3) is 3.93. The third-order valence-electron chi connectivity index (χ3n) is 3.41. The van der Waals surface area contributed by atoms with Crippen LogP contribution in [0.5, 0.6) is 0 Å². The van der Waals surface area contributed by atoms with Crippen LogP contribution in [0.2, 0.25) is 0 Å². The molecule has 1 aliphatic rings. The highest BCUT2D eigenvalue weighted by Gasteiger charge is 2.19. The first-order valence-corrected chi connectivity index (χ1v) is 7.39. The van der Waals surface area contributed by atoms with Crippen molar-refractivity contribution in [2.75, 3.05) is 37.7 Å². The van der Waals surface area contributed by atoms with Gasteiger partial charge in [-0.2, -0.15) is 0 Å². The van der Waals surface area contributed by atoms with Crippen molar-refractivity contribution in [2.45, 2.75) is 26.2 Å². The first kappa shape index (κ1) is 14.8. The Kier molecular flexibility index (Phi) is 5.80. The highest BCUT2D eigenvalue weighted by molar-refractivity contribution is 5.98. The second kappa shape index (κ2) is 7.85. The summed E-state index contributed by atoms with van der Waals surface area (Å²) < 4.78 is 5.34. The molecule has 0 unspecified atom stereocenters. The van der Waals surface area contributed by atoms with E-state index in [2.05, 4.69) is 22.1 Å². The largest absolute Gasteiger partial charge is 0.378 e. The maximum atomic E-state index is 12.3. The summed E-state index contributed by atoms with van der Waals surface area (Å²) in [6.07, 6.45) is 5.06. The average Bonchev–Trinajstić information content (AvgIpc) is 2.52. The van der Waals surface area contributed by atoms with Crippen LogP contribution in [0.1, 0.15) is 36.5 Å². The molecule has 1 saturated heterocycles. The van der Waals surface area contributed by atoms with Gasteiger partial charge < -0.3 is 15.0 Å². The summed E-state index contributed by atoms with van der Waals surface area (Å²) >= 11 is 0. The van der Waals surface area contributed by atoms with E-state index < -0.39 is 0 Å². The Morgan fingerprint density at radius 2 is 2.20 bits per heavy atom. The SMILES string of the molecule is CCCCCNC(=O)c1cccnc1N1CCOCC1. The van der Waals surface area contributed by atoms with E-state index in [1.54, 1.807) is 6.20 Å². The van der Waals surface area contributed by atoms with Crippen molar-refractivity contribution in [1.29, 1.82) is 0 Å². The van der Waals surface area contributed by atoms with Gasteiger partial charge in [0.25, 0.3) is 5.91 Å². The minimum absolute atomic E-state index is 0.0318. The van der Waals surface area contributed by atoms with Gasteiger partial charge in [-0.15, -0.1) is 0 Å². The number of pyridine rings is 1. The van der Waals surface area contributed by atoms with E-state index in [0.29, 0.717) is 18.8 Å². The summed E-state index contributed by atoms with van der Waals surface area (Å²) in [4.78, 5) is 18.8. The van der Waals surface area contributed by atoms with Gasteiger partial charge in [0.1, 0.15) is 5.82 Å². The van der Waals surface area contributed by atoms with Crippen LogP contribution in [0, 0.1) is 0 Å². The van der Waals surface area contributed by atoms with Crippen molar-refractivity contribution in [3.63, 3.8) is 0 Å². The monoisotopic (exact) mass is 277 g/mol. The number of anilines is 1. The Balaban J connectivity index is 2.01. The van der Waals surface area contributed by atoms with Crippen LogP contribution in [0.15, 0.2) is 18.3 Å². The number of rotatable bonds is 6. The molecule has 5 heteroatoms. The highest BCUT2D eigenvalue weighted by Crippen LogP contribution is 2.18. The fraction of sp³-hybridized carbons (Fsp3) is 0.600. The molecule has 2 heterocycles. The number of aromatic nitrogens is 1. The molecular weight excluding hydrogens is 254 g/mol. The second-order valence-electron chi connectivity index (χ2n) is 4.94. The molecule has 110 valence electrons. The lowest BCUT2D eigenvalue weighted by Gasteiger charge is -2.29. The Hall–Kier alpha value is -1.62. The van der Waals surface area contributed by atoms with E-state index >= 15 is 0 Å². The van der Waals surface area contributed by atoms with Crippen LogP contribution in [0.3, 0.4) is 0 Å². The number of amides is 1. The van der Waals surface area contributed by atoms with Crippen molar-refractivity contribution < 1.29 is 9.53 Å². The predicted octanol–water partition coefficient (Wildman–Crippen LogP) is 1.84. The van der Waals surface area contributed by atoms with E-state index in [0.717, 1.165) is 44.7 Å². The van der Waals surface area contributed by atoms with Gasteiger partial charge in [-0.3, -0.25) is 4.79 Å². The van der Waals surface area contributed by atoms with Crippen molar-refractivity contribution in [1.82, 2.24) is 10.3 Å². The Morgan fingerprint density at radius 3 is 2.95 bits per heavy atom. The van der Waals surface area contributed by atoms with Crippen molar-refractivity contribution >= 4 is 11.7 Å². The number of unbranched alkanes of at least 4 members (excludes halogenated alkanes) is 2. The molecule has 1 aromatic rings. The van der Waals surface area contributed by atoms with Crippen LogP contribution >= 0.6 is 0 Å². The van der Waals surface area contributed by atoms with Gasteiger partial charge in [0.2, 0.25) is 0 Å². The van der Waals surface area contributed by atoms with Gasteiger partial charge in [0.05, 0.1) is 18.8 Å². The Bertz CT molecular complexity index is 431. The molecule has 0 spiro atoms. The molecule has 0 atom stereocenters. The van der Waals surface area contributed by atoms with E-state index in [-0.39, 0.29) is 5.91 Å². The fourth-order valence-corrected chi connectivity index (χ4v) is 2.27. The highest BCUT2D eigenvalue weighted by atomic mass is 16.5. The molecule has 1 aliphatic heterocycles. The standard InChI is InChI=1S/C15H23N3O2/c1-2-3-4-7-17-15(19)13-6-5-8-16-14(13)18-9-11-20-12-10-18/h5-6,8H,2-4,7,9-12H2,1H3,(H,17,19). The lowest BCUT2D eigenvalue weighted by Crippen LogP contribution is -2.38. The van der Waals surface area contributed by atoms with Crippen molar-refractivity contribution in [2.24, 2.45) is 0 Å². The van der Waals surface area contributed by atoms with E-state index in [1.165, 1.54) is 0 Å². The molecule has 0 bridgehead atoms. The van der Waals surface area contributed by atoms with Gasteiger partial charge in [0, 0.05) is 25.8 Å². The molecule has 0 radical (unpaired) electrons. The summed E-state index contributed by atoms with van der Waals surface area (Å²) in [6.45, 7) is 5.83. The van der Waals surface area contributed by atoms with Crippen LogP contribution in [0.25, 0.3) is 0 Å². The van der Waals surface area contributed by atoms with Crippen LogP contribution < -0.4 is 10.2 Å². The maximum absolute atomic E-state index is 12.3. The minimum atomic E-state index is -0.0318. The number of hydrogen-bond donors (Lipinski definition) is 1. The summed E-state index contributed by atoms with van der Waals surface area (Å²) in [5, 5.41) is 2.98. The van der Waals surface area contributed by atoms with Crippen LogP contribution in [-0.2, 0) is 4.74 Å². The first-order chi connectivity index (χ1) is 9.83. The zero-order chi connectivity index (χ0) is 14.2. The van der Waals surface area contributed by atoms with Gasteiger partial charge in [-0.25, -0.2) is 4.98 Å². The molecule has 1 N–H and O–H groups in total. The lowest BCUT2D eigenvalue weighted by molar-refractivity contribution is 0.0951. The van der Waals surface area contributed by atoms with Crippen LogP contribution in [-0.4, -0.2) is 43.7 Å². The van der Waals surface area contributed by atoms with Crippen molar-refractivity contribution in [3.8, 4) is 0 Å². The zero-order valence-electron chi connectivity index (χ0n) is 12.1. The molecule has 0 saturated carbocycles. The smallest absolute Gasteiger partial charge is 0.255 e. The van der Waals surface area contributed by atoms with Gasteiger partial charge >= 0.3 is 0 Å². The second-order valence-corrected chi connectivity index (χ2v) is 4.94. The fourth-order valence-electron chi connectivity index (χ4n) is 2.27. The quantitative estimate of drug-likeness (QED) is 0.806. The van der Waals surface area contributed by atoms with Gasteiger partial charge in [0.15, 0.2) is 0 Å². The maximum Gasteiger partial charge on any atom is 0.255 e.